The molecule has 3 aromatic rings. The first-order chi connectivity index (χ1) is 17.6. The number of nitrogens with zero attached hydrogens (tertiary/aromatic N) is 3. The number of carboxylic acids is 1. The van der Waals surface area contributed by atoms with Crippen LogP contribution in [0.25, 0.3) is 5.78 Å². The third-order valence-corrected chi connectivity index (χ3v) is 8.20. The molecule has 2 bridgehead atoms. The van der Waals surface area contributed by atoms with Crippen LogP contribution in [0.15, 0.2) is 28.8 Å². The summed E-state index contributed by atoms with van der Waals surface area (Å²) in [5, 5.41) is 19.0. The molecule has 1 aromatic carbocycles. The molecule has 0 aliphatic heterocycles. The van der Waals surface area contributed by atoms with Crippen LogP contribution in [0.2, 0.25) is 0 Å². The Bertz CT molecular complexity index is 1460. The molecule has 0 unspecified atom stereocenters. The molecule has 3 aliphatic rings. The first-order valence-electron chi connectivity index (χ1n) is 12.1. The fraction of sp³-hybridized carbons (Fsp3) is 0.440. The number of halogens is 1. The van der Waals surface area contributed by atoms with E-state index < -0.39 is 23.2 Å². The quantitative estimate of drug-likeness (QED) is 0.396. The molecular formula is C25H26FN5O5S. The second-order valence-corrected chi connectivity index (χ2v) is 10.5. The lowest BCUT2D eigenvalue weighted by atomic mass is 9.53. The third-order valence-electron chi connectivity index (χ3n) is 7.94. The van der Waals surface area contributed by atoms with E-state index in [2.05, 4.69) is 20.8 Å². The number of carboxylic acid groups (broad SMARTS) is 1. The number of carbonyl (C=O) groups is 3. The molecule has 194 valence electrons. The number of fused-ring (bicyclic) bond motifs is 4. The normalized spacial score (nSPS) is 22.6. The molecule has 2 aromatic heterocycles. The van der Waals surface area contributed by atoms with Crippen molar-refractivity contribution in [3.63, 3.8) is 0 Å². The highest BCUT2D eigenvalue weighted by Gasteiger charge is 2.52. The molecule has 12 heteroatoms. The predicted octanol–water partition coefficient (Wildman–Crippen LogP) is 3.58. The largest absolute Gasteiger partial charge is 0.481 e. The molecule has 0 spiro atoms. The van der Waals surface area contributed by atoms with Gasteiger partial charge in [-0.2, -0.15) is 0 Å². The number of benzene rings is 1. The Kier molecular flexibility index (Phi) is 6.30. The van der Waals surface area contributed by atoms with Crippen molar-refractivity contribution in [2.24, 2.45) is 10.8 Å². The van der Waals surface area contributed by atoms with Crippen LogP contribution in [-0.4, -0.2) is 44.0 Å². The van der Waals surface area contributed by atoms with Crippen LogP contribution in [0, 0.1) is 28.4 Å². The zero-order valence-electron chi connectivity index (χ0n) is 20.2. The van der Waals surface area contributed by atoms with Crippen molar-refractivity contribution in [2.75, 3.05) is 6.54 Å². The van der Waals surface area contributed by atoms with E-state index in [0.717, 1.165) is 19.3 Å². The topological polar surface area (TPSA) is 139 Å². The summed E-state index contributed by atoms with van der Waals surface area (Å²) in [5.41, 5.74) is 0.409. The lowest BCUT2D eigenvalue weighted by molar-refractivity contribution is -0.158. The highest BCUT2D eigenvalue weighted by atomic mass is 32.1. The standard InChI is InChI=1S/C25H26FN5O5S/c1-14-10-15(2-3-16(14)26)12-27-20(33)18-11-17(29-22-30-36-23(37)31(18)22)19(32)28-13-24-4-7-25(8-5-24,9-6-24)21(34)35/h2-3,10-11H,4-9,12-13H2,1H3,(H,27,33)(H,28,32)(H,34,35). The minimum Gasteiger partial charge on any atom is -0.481 e. The summed E-state index contributed by atoms with van der Waals surface area (Å²) in [7, 11) is 0. The van der Waals surface area contributed by atoms with Crippen LogP contribution >= 0.6 is 12.2 Å². The summed E-state index contributed by atoms with van der Waals surface area (Å²) < 4.78 is 19.8. The Balaban J connectivity index is 1.32. The summed E-state index contributed by atoms with van der Waals surface area (Å²) in [6.45, 7) is 2.16. The Morgan fingerprint density at radius 1 is 1.11 bits per heavy atom. The number of aryl methyl sites for hydroxylation is 1. The highest BCUT2D eigenvalue weighted by molar-refractivity contribution is 7.71. The van der Waals surface area contributed by atoms with Crippen molar-refractivity contribution in [3.05, 3.63) is 57.4 Å². The first-order valence-corrected chi connectivity index (χ1v) is 12.5. The second kappa shape index (κ2) is 9.33. The summed E-state index contributed by atoms with van der Waals surface area (Å²) in [6.07, 6.45) is 4.04. The van der Waals surface area contributed by atoms with Crippen LogP contribution in [0.4, 0.5) is 4.39 Å². The second-order valence-electron chi connectivity index (χ2n) is 10.1. The van der Waals surface area contributed by atoms with E-state index in [4.69, 9.17) is 16.7 Å². The van der Waals surface area contributed by atoms with Crippen molar-refractivity contribution in [1.82, 2.24) is 25.2 Å². The molecule has 10 nitrogen and oxygen atoms in total. The SMILES string of the molecule is Cc1cc(CNC(=O)c2cc(C(=O)NCC34CCC(C(=O)O)(CC3)CC4)nc3noc(=S)n23)ccc1F. The Morgan fingerprint density at radius 3 is 2.46 bits per heavy atom. The summed E-state index contributed by atoms with van der Waals surface area (Å²) in [6, 6.07) is 5.87. The van der Waals surface area contributed by atoms with Gasteiger partial charge in [-0.05, 0) is 91.5 Å². The van der Waals surface area contributed by atoms with Gasteiger partial charge in [0.2, 0.25) is 0 Å². The smallest absolute Gasteiger partial charge is 0.309 e. The molecule has 0 atom stereocenters. The molecular weight excluding hydrogens is 501 g/mol. The maximum atomic E-state index is 13.6. The van der Waals surface area contributed by atoms with Gasteiger partial charge in [-0.1, -0.05) is 12.1 Å². The number of aromatic nitrogens is 3. The van der Waals surface area contributed by atoms with Gasteiger partial charge in [0.15, 0.2) is 0 Å². The molecule has 3 saturated carbocycles. The predicted molar refractivity (Wildman–Crippen MR) is 131 cm³/mol. The maximum absolute atomic E-state index is 13.6. The molecule has 3 aliphatic carbocycles. The lowest BCUT2D eigenvalue weighted by Crippen LogP contribution is -2.50. The van der Waals surface area contributed by atoms with Crippen molar-refractivity contribution >= 4 is 35.8 Å². The molecule has 0 radical (unpaired) electrons. The van der Waals surface area contributed by atoms with Gasteiger partial charge in [0.1, 0.15) is 17.2 Å². The molecule has 2 amide bonds. The number of hydrogen-bond donors (Lipinski definition) is 3. The number of nitrogens with one attached hydrogen (secondary N) is 2. The Hall–Kier alpha value is -3.67. The number of amides is 2. The van der Waals surface area contributed by atoms with Crippen molar-refractivity contribution in [1.29, 1.82) is 0 Å². The first kappa shape index (κ1) is 25.0. The minimum atomic E-state index is -0.728. The van der Waals surface area contributed by atoms with Gasteiger partial charge in [0.25, 0.3) is 17.6 Å². The van der Waals surface area contributed by atoms with E-state index in [1.807, 2.05) is 0 Å². The molecule has 2 heterocycles. The van der Waals surface area contributed by atoms with E-state index in [1.54, 1.807) is 19.1 Å². The number of rotatable bonds is 7. The van der Waals surface area contributed by atoms with Crippen LogP contribution in [-0.2, 0) is 11.3 Å². The molecule has 6 rings (SSSR count). The van der Waals surface area contributed by atoms with Crippen LogP contribution in [0.3, 0.4) is 0 Å². The average Bonchev–Trinajstić information content (AvgIpc) is 3.28. The van der Waals surface area contributed by atoms with Gasteiger partial charge in [0, 0.05) is 13.1 Å². The van der Waals surface area contributed by atoms with E-state index in [1.165, 1.54) is 16.5 Å². The number of aliphatic carboxylic acids is 1. The summed E-state index contributed by atoms with van der Waals surface area (Å²) >= 11 is 5.14. The van der Waals surface area contributed by atoms with Gasteiger partial charge < -0.3 is 20.3 Å². The van der Waals surface area contributed by atoms with Crippen LogP contribution < -0.4 is 10.6 Å². The molecule has 0 saturated heterocycles. The molecule has 37 heavy (non-hydrogen) atoms. The zero-order valence-corrected chi connectivity index (χ0v) is 21.0. The van der Waals surface area contributed by atoms with Gasteiger partial charge >= 0.3 is 10.8 Å². The molecule has 3 fully saturated rings. The van der Waals surface area contributed by atoms with Crippen molar-refractivity contribution < 1.29 is 28.4 Å². The van der Waals surface area contributed by atoms with E-state index in [9.17, 15) is 23.9 Å². The van der Waals surface area contributed by atoms with Crippen LogP contribution in [0.5, 0.6) is 0 Å². The van der Waals surface area contributed by atoms with Crippen molar-refractivity contribution in [3.8, 4) is 0 Å². The Morgan fingerprint density at radius 2 is 1.81 bits per heavy atom. The summed E-state index contributed by atoms with van der Waals surface area (Å²) in [4.78, 5) is 42.0. The monoisotopic (exact) mass is 527 g/mol. The van der Waals surface area contributed by atoms with Gasteiger partial charge in [-0.25, -0.2) is 13.8 Å². The summed E-state index contributed by atoms with van der Waals surface area (Å²) in [5.74, 6) is -2.10. The molecule has 3 N–H and O–H groups in total. The fourth-order valence-corrected chi connectivity index (χ4v) is 5.65. The fourth-order valence-electron chi connectivity index (χ4n) is 5.43. The zero-order chi connectivity index (χ0) is 26.4. The van der Waals surface area contributed by atoms with Crippen LogP contribution in [0.1, 0.15) is 70.6 Å². The van der Waals surface area contributed by atoms with E-state index in [0.29, 0.717) is 36.9 Å². The minimum absolute atomic E-state index is 0.0195. The van der Waals surface area contributed by atoms with E-state index >= 15 is 0 Å². The third kappa shape index (κ3) is 4.61. The van der Waals surface area contributed by atoms with Crippen molar-refractivity contribution in [2.45, 2.75) is 52.0 Å². The number of hydrogen-bond acceptors (Lipinski definition) is 7. The highest BCUT2D eigenvalue weighted by Crippen LogP contribution is 2.56. The van der Waals surface area contributed by atoms with Gasteiger partial charge in [-0.15, -0.1) is 0 Å². The Labute approximate surface area is 216 Å². The number of carbonyl (C=O) groups excluding carboxylic acids is 2. The lowest BCUT2D eigenvalue weighted by Gasteiger charge is -2.51. The average molecular weight is 528 g/mol. The van der Waals surface area contributed by atoms with Gasteiger partial charge in [0.05, 0.1) is 5.41 Å². The van der Waals surface area contributed by atoms with Gasteiger partial charge in [-0.3, -0.25) is 14.4 Å². The maximum Gasteiger partial charge on any atom is 0.309 e. The van der Waals surface area contributed by atoms with E-state index in [-0.39, 0.29) is 39.8 Å².